The molecule has 0 aliphatic heterocycles. The Bertz CT molecular complexity index is 660. The van der Waals surface area contributed by atoms with Gasteiger partial charge in [-0.15, -0.1) is 0 Å². The van der Waals surface area contributed by atoms with Crippen LogP contribution in [0.15, 0.2) is 42.5 Å². The Labute approximate surface area is 139 Å². The van der Waals surface area contributed by atoms with Gasteiger partial charge in [0, 0.05) is 12.5 Å². The van der Waals surface area contributed by atoms with Gasteiger partial charge in [0.15, 0.2) is 0 Å². The van der Waals surface area contributed by atoms with Crippen molar-refractivity contribution in [2.45, 2.75) is 19.1 Å². The van der Waals surface area contributed by atoms with Crippen LogP contribution in [0.25, 0.3) is 0 Å². The maximum Gasteiger partial charge on any atom is 0.219 e. The summed E-state index contributed by atoms with van der Waals surface area (Å²) in [5.74, 6) is 0.272. The average molecular weight is 339 g/mol. The third kappa shape index (κ3) is 4.63. The van der Waals surface area contributed by atoms with Gasteiger partial charge in [-0.25, -0.2) is 0 Å². The van der Waals surface area contributed by atoms with Gasteiger partial charge >= 0.3 is 0 Å². The van der Waals surface area contributed by atoms with Crippen LogP contribution in [0, 0.1) is 0 Å². The molecule has 0 heterocycles. The van der Waals surface area contributed by atoms with E-state index < -0.39 is 11.9 Å². The first-order valence-corrected chi connectivity index (χ1v) is 7.42. The minimum atomic E-state index is -0.424. The van der Waals surface area contributed by atoms with Crippen LogP contribution in [0.2, 0.25) is 10.0 Å². The Kier molecular flexibility index (Phi) is 5.66. The molecule has 1 unspecified atom stereocenters. The lowest BCUT2D eigenvalue weighted by atomic mass is 10.0. The van der Waals surface area contributed by atoms with E-state index in [-0.39, 0.29) is 6.42 Å². The van der Waals surface area contributed by atoms with Crippen molar-refractivity contribution in [3.63, 3.8) is 0 Å². The Hall–Kier alpha value is -1.75. The van der Waals surface area contributed by atoms with Crippen molar-refractivity contribution in [1.29, 1.82) is 0 Å². The summed E-state index contributed by atoms with van der Waals surface area (Å²) in [6.45, 7) is 0.379. The number of ether oxygens (including phenoxy) is 1. The summed E-state index contributed by atoms with van der Waals surface area (Å²) in [7, 11) is 0. The van der Waals surface area contributed by atoms with Crippen molar-refractivity contribution in [1.82, 2.24) is 0 Å². The molecule has 0 bridgehead atoms. The fourth-order valence-corrected chi connectivity index (χ4v) is 2.26. The molecule has 2 rings (SSSR count). The molecular formula is C16H16Cl2N2O2. The second-order valence-electron chi connectivity index (χ2n) is 4.88. The number of carbonyl (C=O) groups is 1. The van der Waals surface area contributed by atoms with Crippen LogP contribution in [-0.4, -0.2) is 5.91 Å². The second kappa shape index (κ2) is 7.49. The van der Waals surface area contributed by atoms with E-state index in [1.807, 2.05) is 18.2 Å². The van der Waals surface area contributed by atoms with Crippen LogP contribution in [0.5, 0.6) is 5.75 Å². The molecule has 0 aliphatic carbocycles. The quantitative estimate of drug-likeness (QED) is 0.846. The number of benzene rings is 2. The molecule has 116 valence electrons. The summed E-state index contributed by atoms with van der Waals surface area (Å²) in [4.78, 5) is 10.9. The van der Waals surface area contributed by atoms with Crippen LogP contribution >= 0.6 is 23.2 Å². The first-order valence-electron chi connectivity index (χ1n) is 6.66. The SMILES string of the molecule is NC(=O)CC(N)c1ccc(OCc2ccc(Cl)c(Cl)c2)cc1. The zero-order valence-electron chi connectivity index (χ0n) is 11.8. The van der Waals surface area contributed by atoms with Gasteiger partial charge in [-0.2, -0.15) is 0 Å². The lowest BCUT2D eigenvalue weighted by molar-refractivity contribution is -0.118. The molecule has 0 aromatic heterocycles. The van der Waals surface area contributed by atoms with Crippen LogP contribution in [0.3, 0.4) is 0 Å². The van der Waals surface area contributed by atoms with Crippen molar-refractivity contribution in [3.8, 4) is 5.75 Å². The van der Waals surface area contributed by atoms with Gasteiger partial charge in [0.05, 0.1) is 10.0 Å². The average Bonchev–Trinajstić information content (AvgIpc) is 2.48. The number of hydrogen-bond acceptors (Lipinski definition) is 3. The highest BCUT2D eigenvalue weighted by Crippen LogP contribution is 2.24. The third-order valence-corrected chi connectivity index (χ3v) is 3.86. The number of primary amides is 1. The molecule has 1 atom stereocenters. The van der Waals surface area contributed by atoms with Crippen molar-refractivity contribution in [2.75, 3.05) is 0 Å². The number of amides is 1. The van der Waals surface area contributed by atoms with E-state index in [2.05, 4.69) is 0 Å². The van der Waals surface area contributed by atoms with E-state index in [4.69, 9.17) is 39.4 Å². The lowest BCUT2D eigenvalue weighted by Crippen LogP contribution is -2.20. The van der Waals surface area contributed by atoms with E-state index in [1.165, 1.54) is 0 Å². The molecule has 0 saturated heterocycles. The van der Waals surface area contributed by atoms with Crippen molar-refractivity contribution >= 4 is 29.1 Å². The molecule has 1 amide bonds. The van der Waals surface area contributed by atoms with Gasteiger partial charge in [0.2, 0.25) is 5.91 Å². The molecule has 4 N–H and O–H groups in total. The van der Waals surface area contributed by atoms with E-state index >= 15 is 0 Å². The number of hydrogen-bond donors (Lipinski definition) is 2. The third-order valence-electron chi connectivity index (χ3n) is 3.12. The van der Waals surface area contributed by atoms with Gasteiger partial charge in [-0.3, -0.25) is 4.79 Å². The molecule has 0 radical (unpaired) electrons. The molecule has 2 aromatic carbocycles. The number of carbonyl (C=O) groups excluding carboxylic acids is 1. The standard InChI is InChI=1S/C16H16Cl2N2O2/c17-13-6-1-10(7-14(13)18)9-22-12-4-2-11(3-5-12)15(19)8-16(20)21/h1-7,15H,8-9,19H2,(H2,20,21). The number of rotatable bonds is 6. The van der Waals surface area contributed by atoms with Gasteiger partial charge in [0.25, 0.3) is 0 Å². The minimum absolute atomic E-state index is 0.115. The zero-order chi connectivity index (χ0) is 16.1. The molecular weight excluding hydrogens is 323 g/mol. The molecule has 0 aliphatic rings. The lowest BCUT2D eigenvalue weighted by Gasteiger charge is -2.11. The number of nitrogens with two attached hydrogens (primary N) is 2. The summed E-state index contributed by atoms with van der Waals surface area (Å²) < 4.78 is 5.67. The van der Waals surface area contributed by atoms with Gasteiger partial charge in [-0.05, 0) is 35.4 Å². The van der Waals surface area contributed by atoms with E-state index in [1.54, 1.807) is 24.3 Å². The molecule has 4 nitrogen and oxygen atoms in total. The highest BCUT2D eigenvalue weighted by atomic mass is 35.5. The zero-order valence-corrected chi connectivity index (χ0v) is 13.3. The molecule has 6 heteroatoms. The van der Waals surface area contributed by atoms with E-state index in [9.17, 15) is 4.79 Å². The van der Waals surface area contributed by atoms with Crippen molar-refractivity contribution < 1.29 is 9.53 Å². The smallest absolute Gasteiger partial charge is 0.219 e. The fraction of sp³-hybridized carbons (Fsp3) is 0.188. The summed E-state index contributed by atoms with van der Waals surface area (Å²) in [5.41, 5.74) is 12.8. The summed E-state index contributed by atoms with van der Waals surface area (Å²) >= 11 is 11.8. The monoisotopic (exact) mass is 338 g/mol. The van der Waals surface area contributed by atoms with Gasteiger partial charge in [-0.1, -0.05) is 41.4 Å². The predicted octanol–water partition coefficient (Wildman–Crippen LogP) is 3.45. The van der Waals surface area contributed by atoms with Crippen LogP contribution < -0.4 is 16.2 Å². The summed E-state index contributed by atoms with van der Waals surface area (Å²) in [5, 5.41) is 1.01. The topological polar surface area (TPSA) is 78.3 Å². The summed E-state index contributed by atoms with van der Waals surface area (Å²) in [6.07, 6.45) is 0.115. The van der Waals surface area contributed by atoms with Crippen LogP contribution in [-0.2, 0) is 11.4 Å². The maximum atomic E-state index is 10.9. The van der Waals surface area contributed by atoms with Crippen molar-refractivity contribution in [3.05, 3.63) is 63.6 Å². The maximum absolute atomic E-state index is 10.9. The van der Waals surface area contributed by atoms with E-state index in [0.717, 1.165) is 11.1 Å². The van der Waals surface area contributed by atoms with Crippen LogP contribution in [0.4, 0.5) is 0 Å². The molecule has 22 heavy (non-hydrogen) atoms. The van der Waals surface area contributed by atoms with Gasteiger partial charge < -0.3 is 16.2 Å². The second-order valence-corrected chi connectivity index (χ2v) is 5.70. The van der Waals surface area contributed by atoms with Crippen LogP contribution in [0.1, 0.15) is 23.6 Å². The van der Waals surface area contributed by atoms with Crippen molar-refractivity contribution in [2.24, 2.45) is 11.5 Å². The Morgan fingerprint density at radius 3 is 2.36 bits per heavy atom. The number of halogens is 2. The van der Waals surface area contributed by atoms with E-state index in [0.29, 0.717) is 22.4 Å². The Morgan fingerprint density at radius 1 is 1.09 bits per heavy atom. The Morgan fingerprint density at radius 2 is 1.77 bits per heavy atom. The molecule has 0 fully saturated rings. The highest BCUT2D eigenvalue weighted by Gasteiger charge is 2.09. The molecule has 2 aromatic rings. The first kappa shape index (κ1) is 16.6. The molecule has 0 spiro atoms. The Balaban J connectivity index is 1.96. The minimum Gasteiger partial charge on any atom is -0.489 e. The predicted molar refractivity (Wildman–Crippen MR) is 88.0 cm³/mol. The first-order chi connectivity index (χ1) is 10.5. The largest absolute Gasteiger partial charge is 0.489 e. The van der Waals surface area contributed by atoms with Gasteiger partial charge in [0.1, 0.15) is 12.4 Å². The highest BCUT2D eigenvalue weighted by molar-refractivity contribution is 6.42. The molecule has 0 saturated carbocycles. The fourth-order valence-electron chi connectivity index (χ4n) is 1.94. The summed E-state index contributed by atoms with van der Waals surface area (Å²) in [6, 6.07) is 12.2. The normalized spacial score (nSPS) is 12.0.